The van der Waals surface area contributed by atoms with E-state index in [1.165, 1.54) is 0 Å². The monoisotopic (exact) mass is 362 g/mol. The Bertz CT molecular complexity index is 923. The zero-order chi connectivity index (χ0) is 18.6. The molecule has 2 aromatic carbocycles. The molecule has 138 valence electrons. The van der Waals surface area contributed by atoms with Crippen LogP contribution in [0.1, 0.15) is 16.8 Å². The fourth-order valence-electron chi connectivity index (χ4n) is 3.36. The number of aromatic amines is 1. The van der Waals surface area contributed by atoms with Crippen molar-refractivity contribution in [3.8, 4) is 17.0 Å². The lowest BCUT2D eigenvalue weighted by Gasteiger charge is -2.16. The van der Waals surface area contributed by atoms with Crippen molar-refractivity contribution in [3.05, 3.63) is 66.2 Å². The van der Waals surface area contributed by atoms with Crippen LogP contribution in [0, 0.1) is 0 Å². The van der Waals surface area contributed by atoms with Crippen LogP contribution in [0.5, 0.6) is 5.75 Å². The molecule has 2 N–H and O–H groups in total. The molecular weight excluding hydrogens is 340 g/mol. The molecular formula is C21H22N4O2. The van der Waals surface area contributed by atoms with E-state index in [1.807, 2.05) is 30.3 Å². The number of nitrogens with one attached hydrogen (secondary N) is 2. The predicted molar refractivity (Wildman–Crippen MR) is 105 cm³/mol. The number of benzene rings is 2. The van der Waals surface area contributed by atoms with Crippen molar-refractivity contribution in [1.82, 2.24) is 15.5 Å². The summed E-state index contributed by atoms with van der Waals surface area (Å²) in [7, 11) is 1.60. The Morgan fingerprint density at radius 1 is 1.19 bits per heavy atom. The number of H-pyrrole nitrogens is 1. The fourth-order valence-corrected chi connectivity index (χ4v) is 3.36. The number of hydrogen-bond donors (Lipinski definition) is 2. The lowest BCUT2D eigenvalue weighted by atomic mass is 10.1. The highest BCUT2D eigenvalue weighted by molar-refractivity contribution is 5.94. The third-order valence-electron chi connectivity index (χ3n) is 4.83. The quantitative estimate of drug-likeness (QED) is 0.732. The first-order valence-corrected chi connectivity index (χ1v) is 9.03. The van der Waals surface area contributed by atoms with Crippen molar-refractivity contribution in [2.24, 2.45) is 0 Å². The minimum Gasteiger partial charge on any atom is -0.497 e. The number of amides is 1. The van der Waals surface area contributed by atoms with Crippen molar-refractivity contribution in [2.75, 3.05) is 25.1 Å². The van der Waals surface area contributed by atoms with Gasteiger partial charge < -0.3 is 15.0 Å². The fraction of sp³-hybridized carbons (Fsp3) is 0.238. The molecule has 1 aromatic heterocycles. The van der Waals surface area contributed by atoms with Crippen molar-refractivity contribution >= 4 is 11.7 Å². The summed E-state index contributed by atoms with van der Waals surface area (Å²) in [4.78, 5) is 14.7. The molecule has 1 unspecified atom stereocenters. The Morgan fingerprint density at radius 2 is 2.04 bits per heavy atom. The first-order chi connectivity index (χ1) is 13.2. The maximum Gasteiger partial charge on any atom is 0.251 e. The highest BCUT2D eigenvalue weighted by atomic mass is 16.5. The maximum atomic E-state index is 12.5. The van der Waals surface area contributed by atoms with Crippen molar-refractivity contribution in [3.63, 3.8) is 0 Å². The standard InChI is InChI=1S/C21H22N4O2/c1-27-18-9-5-8-16(12-18)21(26)22-17-10-11-25(14-17)20-13-19(23-24-20)15-6-3-2-4-7-15/h2-9,12-13,17H,10-11,14H2,1H3,(H,22,26)(H,23,24). The van der Waals surface area contributed by atoms with E-state index in [9.17, 15) is 4.79 Å². The average Bonchev–Trinajstić information content (AvgIpc) is 3.38. The zero-order valence-corrected chi connectivity index (χ0v) is 15.2. The van der Waals surface area contributed by atoms with Crippen LogP contribution in [-0.2, 0) is 0 Å². The second kappa shape index (κ2) is 7.53. The highest BCUT2D eigenvalue weighted by Crippen LogP contribution is 2.24. The van der Waals surface area contributed by atoms with Crippen LogP contribution in [0.15, 0.2) is 60.7 Å². The predicted octanol–water partition coefficient (Wildman–Crippen LogP) is 3.09. The van der Waals surface area contributed by atoms with E-state index < -0.39 is 0 Å². The van der Waals surface area contributed by atoms with Crippen LogP contribution in [-0.4, -0.2) is 42.3 Å². The molecule has 2 heterocycles. The third-order valence-corrected chi connectivity index (χ3v) is 4.83. The van der Waals surface area contributed by atoms with Gasteiger partial charge in [0.05, 0.1) is 12.8 Å². The van der Waals surface area contributed by atoms with Crippen LogP contribution < -0.4 is 15.0 Å². The molecule has 4 rings (SSSR count). The lowest BCUT2D eigenvalue weighted by molar-refractivity contribution is 0.0940. The SMILES string of the molecule is COc1cccc(C(=O)NC2CCN(c3cc(-c4ccccc4)[nH]n3)C2)c1. The Kier molecular flexibility index (Phi) is 4.78. The Hall–Kier alpha value is -3.28. The van der Waals surface area contributed by atoms with Crippen molar-refractivity contribution in [1.29, 1.82) is 0 Å². The number of ether oxygens (including phenoxy) is 1. The van der Waals surface area contributed by atoms with Crippen LogP contribution >= 0.6 is 0 Å². The summed E-state index contributed by atoms with van der Waals surface area (Å²) in [6.07, 6.45) is 0.892. The molecule has 1 aliphatic rings. The van der Waals surface area contributed by atoms with Crippen LogP contribution in [0.2, 0.25) is 0 Å². The second-order valence-corrected chi connectivity index (χ2v) is 6.64. The van der Waals surface area contributed by atoms with Gasteiger partial charge >= 0.3 is 0 Å². The van der Waals surface area contributed by atoms with Gasteiger partial charge in [0.2, 0.25) is 0 Å². The van der Waals surface area contributed by atoms with E-state index in [2.05, 4.69) is 38.6 Å². The van der Waals surface area contributed by atoms with Gasteiger partial charge in [-0.1, -0.05) is 36.4 Å². The number of hydrogen-bond acceptors (Lipinski definition) is 4. The first-order valence-electron chi connectivity index (χ1n) is 9.03. The summed E-state index contributed by atoms with van der Waals surface area (Å²) >= 11 is 0. The van der Waals surface area contributed by atoms with E-state index >= 15 is 0 Å². The minimum absolute atomic E-state index is 0.0762. The van der Waals surface area contributed by atoms with Gasteiger partial charge in [-0.05, 0) is 30.2 Å². The first kappa shape index (κ1) is 17.1. The molecule has 27 heavy (non-hydrogen) atoms. The topological polar surface area (TPSA) is 70.2 Å². The van der Waals surface area contributed by atoms with Gasteiger partial charge in [0.15, 0.2) is 5.82 Å². The molecule has 1 aliphatic heterocycles. The van der Waals surface area contributed by atoms with Gasteiger partial charge in [-0.25, -0.2) is 0 Å². The van der Waals surface area contributed by atoms with Crippen LogP contribution in [0.3, 0.4) is 0 Å². The molecule has 6 heteroatoms. The Balaban J connectivity index is 1.39. The molecule has 1 saturated heterocycles. The lowest BCUT2D eigenvalue weighted by Crippen LogP contribution is -2.37. The van der Waals surface area contributed by atoms with Gasteiger partial charge in [0.1, 0.15) is 5.75 Å². The Labute approximate surface area is 158 Å². The van der Waals surface area contributed by atoms with E-state index in [1.54, 1.807) is 19.2 Å². The van der Waals surface area contributed by atoms with Crippen LogP contribution in [0.25, 0.3) is 11.3 Å². The van der Waals surface area contributed by atoms with Crippen LogP contribution in [0.4, 0.5) is 5.82 Å². The number of carbonyl (C=O) groups excluding carboxylic acids is 1. The molecule has 1 fully saturated rings. The number of nitrogens with zero attached hydrogens (tertiary/aromatic N) is 2. The number of aromatic nitrogens is 2. The van der Waals surface area contributed by atoms with E-state index in [4.69, 9.17) is 4.74 Å². The molecule has 3 aromatic rings. The third kappa shape index (κ3) is 3.79. The largest absolute Gasteiger partial charge is 0.497 e. The molecule has 0 saturated carbocycles. The highest BCUT2D eigenvalue weighted by Gasteiger charge is 2.26. The van der Waals surface area contributed by atoms with Gasteiger partial charge in [0, 0.05) is 30.8 Å². The zero-order valence-electron chi connectivity index (χ0n) is 15.2. The van der Waals surface area contributed by atoms with Gasteiger partial charge in [-0.3, -0.25) is 9.89 Å². The molecule has 0 bridgehead atoms. The molecule has 0 spiro atoms. The van der Waals surface area contributed by atoms with Gasteiger partial charge in [0.25, 0.3) is 5.91 Å². The summed E-state index contributed by atoms with van der Waals surface area (Å²) in [5.74, 6) is 1.51. The number of anilines is 1. The number of methoxy groups -OCH3 is 1. The van der Waals surface area contributed by atoms with E-state index in [-0.39, 0.29) is 11.9 Å². The normalized spacial score (nSPS) is 16.3. The summed E-state index contributed by atoms with van der Waals surface area (Å²) in [5.41, 5.74) is 2.71. The molecule has 0 aliphatic carbocycles. The summed E-state index contributed by atoms with van der Waals surface area (Å²) in [5, 5.41) is 10.7. The second-order valence-electron chi connectivity index (χ2n) is 6.64. The molecule has 0 radical (unpaired) electrons. The smallest absolute Gasteiger partial charge is 0.251 e. The number of carbonyl (C=O) groups is 1. The average molecular weight is 362 g/mol. The minimum atomic E-state index is -0.0762. The molecule has 1 atom stereocenters. The summed E-state index contributed by atoms with van der Waals surface area (Å²) in [6, 6.07) is 19.5. The Morgan fingerprint density at radius 3 is 2.85 bits per heavy atom. The number of rotatable bonds is 5. The summed E-state index contributed by atoms with van der Waals surface area (Å²) < 4.78 is 5.19. The van der Waals surface area contributed by atoms with Gasteiger partial charge in [-0.2, -0.15) is 5.10 Å². The van der Waals surface area contributed by atoms with E-state index in [0.29, 0.717) is 11.3 Å². The van der Waals surface area contributed by atoms with Crippen molar-refractivity contribution in [2.45, 2.75) is 12.5 Å². The molecule has 6 nitrogen and oxygen atoms in total. The summed E-state index contributed by atoms with van der Waals surface area (Å²) in [6.45, 7) is 1.61. The maximum absolute atomic E-state index is 12.5. The van der Waals surface area contributed by atoms with Crippen molar-refractivity contribution < 1.29 is 9.53 Å². The molecule has 1 amide bonds. The van der Waals surface area contributed by atoms with Gasteiger partial charge in [-0.15, -0.1) is 0 Å². The van der Waals surface area contributed by atoms with E-state index in [0.717, 1.165) is 36.6 Å².